The molecule has 2 aromatic rings. The minimum atomic E-state index is -0.284. The predicted octanol–water partition coefficient (Wildman–Crippen LogP) is 3.15. The van der Waals surface area contributed by atoms with E-state index in [9.17, 15) is 9.18 Å². The Hall–Kier alpha value is -2.41. The molecule has 0 radical (unpaired) electrons. The third-order valence-electron chi connectivity index (χ3n) is 6.25. The monoisotopic (exact) mass is 384 g/mol. The van der Waals surface area contributed by atoms with Gasteiger partial charge in [0.15, 0.2) is 0 Å². The summed E-state index contributed by atoms with van der Waals surface area (Å²) in [5.41, 5.74) is 2.48. The van der Waals surface area contributed by atoms with Crippen LogP contribution in [-0.2, 0) is 6.42 Å². The second-order valence-electron chi connectivity index (χ2n) is 8.07. The lowest BCUT2D eigenvalue weighted by Crippen LogP contribution is -2.44. The van der Waals surface area contributed by atoms with E-state index in [2.05, 4.69) is 10.00 Å². The lowest BCUT2D eigenvalue weighted by molar-refractivity contribution is 0.150. The van der Waals surface area contributed by atoms with Gasteiger partial charge in [-0.3, -0.25) is 0 Å². The number of rotatable bonds is 1. The molecule has 4 aliphatic rings. The van der Waals surface area contributed by atoms with E-state index in [0.29, 0.717) is 5.88 Å². The average Bonchev–Trinajstić information content (AvgIpc) is 2.84. The molecule has 4 aliphatic heterocycles. The number of hydrogen-bond acceptors (Lipinski definition) is 4. The van der Waals surface area contributed by atoms with Crippen LogP contribution in [0.3, 0.4) is 0 Å². The van der Waals surface area contributed by atoms with Crippen LogP contribution in [0.15, 0.2) is 24.3 Å². The van der Waals surface area contributed by atoms with Crippen LogP contribution in [0.25, 0.3) is 11.3 Å². The highest BCUT2D eigenvalue weighted by Crippen LogP contribution is 2.36. The Morgan fingerprint density at radius 2 is 1.86 bits per heavy atom. The summed E-state index contributed by atoms with van der Waals surface area (Å²) in [5.74, 6) is 0.274. The lowest BCUT2D eigenvalue weighted by Gasteiger charge is -2.31. The minimum Gasteiger partial charge on any atom is -0.474 e. The van der Waals surface area contributed by atoms with E-state index in [4.69, 9.17) is 4.74 Å². The molecule has 6 nitrogen and oxygen atoms in total. The van der Waals surface area contributed by atoms with Gasteiger partial charge in [0.05, 0.1) is 6.10 Å². The highest BCUT2D eigenvalue weighted by molar-refractivity contribution is 5.81. The van der Waals surface area contributed by atoms with Gasteiger partial charge in [0.25, 0.3) is 0 Å². The normalized spacial score (nSPS) is 26.5. The number of amides is 1. The predicted molar refractivity (Wildman–Crippen MR) is 103 cm³/mol. The zero-order chi connectivity index (χ0) is 19.3. The maximum atomic E-state index is 13.5. The van der Waals surface area contributed by atoms with Crippen molar-refractivity contribution in [3.05, 3.63) is 35.6 Å². The van der Waals surface area contributed by atoms with Crippen LogP contribution in [0.1, 0.15) is 31.7 Å². The largest absolute Gasteiger partial charge is 0.474 e. The smallest absolute Gasteiger partial charge is 0.348 e. The van der Waals surface area contributed by atoms with Crippen LogP contribution >= 0.6 is 0 Å². The number of aromatic nitrogens is 2. The highest BCUT2D eigenvalue weighted by atomic mass is 19.1. The topological polar surface area (TPSA) is 50.6 Å². The van der Waals surface area contributed by atoms with Crippen LogP contribution in [0.5, 0.6) is 5.88 Å². The molecular weight excluding hydrogens is 359 g/mol. The first-order chi connectivity index (χ1) is 13.6. The molecule has 1 atom stereocenters. The lowest BCUT2D eigenvalue weighted by atomic mass is 10.0. The van der Waals surface area contributed by atoms with Crippen LogP contribution in [-0.4, -0.2) is 63.9 Å². The number of halogens is 1. The summed E-state index contributed by atoms with van der Waals surface area (Å²) in [5, 5.41) is 4.68. The van der Waals surface area contributed by atoms with Gasteiger partial charge in [0.2, 0.25) is 5.88 Å². The summed E-state index contributed by atoms with van der Waals surface area (Å²) in [4.78, 5) is 17.9. The first-order valence-corrected chi connectivity index (χ1v) is 10.2. The molecule has 0 N–H and O–H groups in total. The molecule has 28 heavy (non-hydrogen) atoms. The van der Waals surface area contributed by atoms with E-state index >= 15 is 0 Å². The summed E-state index contributed by atoms with van der Waals surface area (Å²) in [6.45, 7) is 5.76. The Labute approximate surface area is 163 Å². The SMILES string of the molecule is CC1CCc2c(-c3ccc(F)cc3)nn(C(=O)N3CCN4CCC3CC4)c2O1. The number of carbonyl (C=O) groups excluding carboxylic acids is 1. The van der Waals surface area contributed by atoms with Gasteiger partial charge in [-0.2, -0.15) is 5.10 Å². The highest BCUT2D eigenvalue weighted by Gasteiger charge is 2.36. The van der Waals surface area contributed by atoms with Gasteiger partial charge in [-0.05, 0) is 56.9 Å². The summed E-state index contributed by atoms with van der Waals surface area (Å²) in [7, 11) is 0. The van der Waals surface area contributed by atoms with Gasteiger partial charge in [-0.25, -0.2) is 9.18 Å². The maximum absolute atomic E-state index is 13.5. The molecular formula is C21H25FN4O2. The van der Waals surface area contributed by atoms with E-state index in [1.165, 1.54) is 16.8 Å². The van der Waals surface area contributed by atoms with E-state index in [-0.39, 0.29) is 24.0 Å². The van der Waals surface area contributed by atoms with Gasteiger partial charge < -0.3 is 14.5 Å². The molecule has 0 spiro atoms. The number of fused-ring (bicyclic) bond motifs is 5. The molecule has 1 unspecified atom stereocenters. The van der Waals surface area contributed by atoms with E-state index in [1.807, 2.05) is 11.8 Å². The van der Waals surface area contributed by atoms with Crippen molar-refractivity contribution in [2.24, 2.45) is 0 Å². The van der Waals surface area contributed by atoms with Crippen LogP contribution < -0.4 is 4.74 Å². The molecule has 5 heterocycles. The summed E-state index contributed by atoms with van der Waals surface area (Å²) >= 11 is 0. The van der Waals surface area contributed by atoms with Crippen molar-refractivity contribution in [2.75, 3.05) is 26.2 Å². The van der Waals surface area contributed by atoms with Crippen LogP contribution in [0, 0.1) is 5.82 Å². The number of hydrogen-bond donors (Lipinski definition) is 0. The Bertz CT molecular complexity index is 887. The van der Waals surface area contributed by atoms with Crippen LogP contribution in [0.4, 0.5) is 9.18 Å². The fraction of sp³-hybridized carbons (Fsp3) is 0.524. The van der Waals surface area contributed by atoms with Gasteiger partial charge in [0.1, 0.15) is 11.5 Å². The third-order valence-corrected chi connectivity index (χ3v) is 6.25. The zero-order valence-corrected chi connectivity index (χ0v) is 16.1. The standard InChI is InChI=1S/C21H25FN4O2/c1-14-2-7-18-19(15-3-5-16(22)6-4-15)23-26(20(18)28-14)21(27)25-13-12-24-10-8-17(25)9-11-24/h3-6,14,17H,2,7-13H2,1H3. The van der Waals surface area contributed by atoms with E-state index in [1.54, 1.807) is 12.1 Å². The molecule has 3 saturated heterocycles. The Morgan fingerprint density at radius 1 is 1.11 bits per heavy atom. The fourth-order valence-corrected chi connectivity index (χ4v) is 4.61. The second-order valence-corrected chi connectivity index (χ2v) is 8.07. The van der Waals surface area contributed by atoms with Crippen molar-refractivity contribution in [1.82, 2.24) is 19.6 Å². The Balaban J connectivity index is 1.55. The van der Waals surface area contributed by atoms with Gasteiger partial charge in [-0.1, -0.05) is 0 Å². The number of ether oxygens (including phenoxy) is 1. The number of benzene rings is 1. The second kappa shape index (κ2) is 6.88. The van der Waals surface area contributed by atoms with Crippen molar-refractivity contribution >= 4 is 6.03 Å². The molecule has 7 heteroatoms. The summed E-state index contributed by atoms with van der Waals surface area (Å²) in [6.07, 6.45) is 3.74. The maximum Gasteiger partial charge on any atom is 0.348 e. The van der Waals surface area contributed by atoms with Crippen molar-refractivity contribution in [1.29, 1.82) is 0 Å². The Morgan fingerprint density at radius 3 is 2.61 bits per heavy atom. The molecule has 1 amide bonds. The van der Waals surface area contributed by atoms with E-state index in [0.717, 1.165) is 68.7 Å². The summed E-state index contributed by atoms with van der Waals surface area (Å²) in [6, 6.07) is 6.44. The first kappa shape index (κ1) is 17.7. The molecule has 1 aromatic carbocycles. The Kier molecular flexibility index (Phi) is 4.34. The average molecular weight is 384 g/mol. The van der Waals surface area contributed by atoms with Gasteiger partial charge in [-0.15, -0.1) is 4.68 Å². The third kappa shape index (κ3) is 2.98. The zero-order valence-electron chi connectivity index (χ0n) is 16.1. The molecule has 1 aromatic heterocycles. The number of nitrogens with zero attached hydrogens (tertiary/aromatic N) is 4. The van der Waals surface area contributed by atoms with Gasteiger partial charge in [0, 0.05) is 43.3 Å². The molecule has 3 fully saturated rings. The quantitative estimate of drug-likeness (QED) is 0.758. The molecule has 0 aliphatic carbocycles. The van der Waals surface area contributed by atoms with Crippen molar-refractivity contribution < 1.29 is 13.9 Å². The number of piperidine rings is 1. The minimum absolute atomic E-state index is 0.0444. The fourth-order valence-electron chi connectivity index (χ4n) is 4.61. The molecule has 148 valence electrons. The van der Waals surface area contributed by atoms with E-state index < -0.39 is 0 Å². The molecule has 6 rings (SSSR count). The van der Waals surface area contributed by atoms with Crippen molar-refractivity contribution in [3.8, 4) is 17.1 Å². The van der Waals surface area contributed by atoms with Crippen LogP contribution in [0.2, 0.25) is 0 Å². The number of carbonyl (C=O) groups is 1. The molecule has 2 bridgehead atoms. The van der Waals surface area contributed by atoms with Crippen molar-refractivity contribution in [3.63, 3.8) is 0 Å². The summed E-state index contributed by atoms with van der Waals surface area (Å²) < 4.78 is 20.9. The van der Waals surface area contributed by atoms with Crippen molar-refractivity contribution in [2.45, 2.75) is 44.8 Å². The van der Waals surface area contributed by atoms with Gasteiger partial charge >= 0.3 is 6.03 Å². The molecule has 0 saturated carbocycles. The first-order valence-electron chi connectivity index (χ1n) is 10.2.